The Morgan fingerprint density at radius 2 is 1.20 bits per heavy atom. The Morgan fingerprint density at radius 1 is 0.714 bits per heavy atom. The van der Waals surface area contributed by atoms with Crippen LogP contribution in [0, 0.1) is 0 Å². The number of hydrogen-bond donors (Lipinski definition) is 3. The lowest BCUT2D eigenvalue weighted by Crippen LogP contribution is -2.19. The molecule has 0 radical (unpaired) electrons. The zero-order chi connectivity index (χ0) is 25.6. The van der Waals surface area contributed by atoms with Crippen molar-refractivity contribution in [2.75, 3.05) is 14.2 Å². The fourth-order valence-corrected chi connectivity index (χ4v) is 3.63. The second kappa shape index (κ2) is 10.6. The molecule has 1 aromatic heterocycles. The van der Waals surface area contributed by atoms with E-state index in [4.69, 9.17) is 19.8 Å². The Bertz CT molecular complexity index is 1370. The van der Waals surface area contributed by atoms with Gasteiger partial charge in [-0.3, -0.25) is 5.10 Å². The van der Waals surface area contributed by atoms with Crippen molar-refractivity contribution in [3.63, 3.8) is 0 Å². The predicted molar refractivity (Wildman–Crippen MR) is 130 cm³/mol. The summed E-state index contributed by atoms with van der Waals surface area (Å²) in [6, 6.07) is 11.1. The topological polar surface area (TPSA) is 186 Å². The molecule has 0 aliphatic heterocycles. The third-order valence-corrected chi connectivity index (χ3v) is 5.13. The van der Waals surface area contributed by atoms with Crippen LogP contribution in [-0.2, 0) is 20.6 Å². The second-order valence-corrected chi connectivity index (χ2v) is 9.19. The van der Waals surface area contributed by atoms with Crippen molar-refractivity contribution >= 4 is 44.9 Å². The number of methoxy groups -OCH3 is 2. The van der Waals surface area contributed by atoms with E-state index >= 15 is 0 Å². The first kappa shape index (κ1) is 25.8. The van der Waals surface area contributed by atoms with Crippen LogP contribution in [0.1, 0.15) is 22.5 Å². The smallest absolute Gasteiger partial charge is 0.380 e. The molecule has 0 aliphatic rings. The van der Waals surface area contributed by atoms with Crippen LogP contribution in [0.5, 0.6) is 23.0 Å². The minimum Gasteiger partial charge on any atom is -0.493 e. The number of benzene rings is 2. The SMILES string of the molecule is COc1cc(/C=C/c2cc(/C=C/c3ccc(OS(N)(=O)=O)c(OC)c3)[nH]n2)ccc1OS(N)(=O)=O. The van der Waals surface area contributed by atoms with Crippen molar-refractivity contribution in [3.8, 4) is 23.0 Å². The highest BCUT2D eigenvalue weighted by molar-refractivity contribution is 7.85. The molecule has 0 saturated carbocycles. The number of aromatic amines is 1. The maximum Gasteiger partial charge on any atom is 0.380 e. The highest BCUT2D eigenvalue weighted by Gasteiger charge is 2.12. The molecular formula is C21H22N4O8S2. The van der Waals surface area contributed by atoms with E-state index in [0.717, 1.165) is 0 Å². The molecule has 12 nitrogen and oxygen atoms in total. The number of nitrogens with one attached hydrogen (secondary N) is 1. The molecule has 0 bridgehead atoms. The quantitative estimate of drug-likeness (QED) is 0.358. The summed E-state index contributed by atoms with van der Waals surface area (Å²) >= 11 is 0. The first-order valence-corrected chi connectivity index (χ1v) is 12.6. The van der Waals surface area contributed by atoms with Gasteiger partial charge in [0.25, 0.3) is 0 Å². The summed E-state index contributed by atoms with van der Waals surface area (Å²) in [4.78, 5) is 0. The summed E-state index contributed by atoms with van der Waals surface area (Å²) in [6.45, 7) is 0. The highest BCUT2D eigenvalue weighted by atomic mass is 32.2. The Kier molecular flexibility index (Phi) is 7.81. The molecule has 0 saturated heterocycles. The third kappa shape index (κ3) is 7.86. The molecule has 0 unspecified atom stereocenters. The molecule has 0 amide bonds. The number of hydrogen-bond acceptors (Lipinski definition) is 9. The van der Waals surface area contributed by atoms with Crippen molar-refractivity contribution < 1.29 is 34.7 Å². The van der Waals surface area contributed by atoms with Gasteiger partial charge in [-0.05, 0) is 53.6 Å². The van der Waals surface area contributed by atoms with Gasteiger partial charge in [-0.2, -0.15) is 32.2 Å². The fourth-order valence-electron chi connectivity index (χ4n) is 2.86. The fraction of sp³-hybridized carbons (Fsp3) is 0.0952. The standard InChI is InChI=1S/C21H22N4O8S2/c1-30-20-11-14(5-9-18(20)32-34(22,26)27)3-7-16-13-17(25-24-16)8-4-15-6-10-19(21(12-15)31-2)33-35(23,28)29/h3-13H,1-2H3,(H,24,25)(H2,22,26,27)(H2,23,28,29)/b7-3+,8-4+. The molecule has 2 aromatic carbocycles. The summed E-state index contributed by atoms with van der Waals surface area (Å²) < 4.78 is 64.2. The molecule has 14 heteroatoms. The van der Waals surface area contributed by atoms with Crippen LogP contribution in [0.4, 0.5) is 0 Å². The van der Waals surface area contributed by atoms with E-state index in [1.54, 1.807) is 54.6 Å². The maximum absolute atomic E-state index is 11.1. The van der Waals surface area contributed by atoms with Crippen molar-refractivity contribution in [2.45, 2.75) is 0 Å². The molecule has 1 heterocycles. The van der Waals surface area contributed by atoms with Gasteiger partial charge >= 0.3 is 20.6 Å². The number of aromatic nitrogens is 2. The lowest BCUT2D eigenvalue weighted by molar-refractivity contribution is 0.390. The van der Waals surface area contributed by atoms with Gasteiger partial charge in [-0.25, -0.2) is 0 Å². The van der Waals surface area contributed by atoms with Crippen molar-refractivity contribution in [2.24, 2.45) is 10.3 Å². The molecule has 0 spiro atoms. The molecule has 3 aromatic rings. The molecule has 0 fully saturated rings. The largest absolute Gasteiger partial charge is 0.493 e. The summed E-state index contributed by atoms with van der Waals surface area (Å²) in [5.41, 5.74) is 2.74. The normalized spacial score (nSPS) is 12.2. The van der Waals surface area contributed by atoms with Crippen LogP contribution < -0.4 is 28.1 Å². The van der Waals surface area contributed by atoms with Crippen LogP contribution >= 0.6 is 0 Å². The first-order valence-electron chi connectivity index (χ1n) is 9.68. The summed E-state index contributed by atoms with van der Waals surface area (Å²) in [7, 11) is -5.60. The molecule has 186 valence electrons. The molecule has 3 rings (SSSR count). The second-order valence-electron chi connectivity index (χ2n) is 6.89. The van der Waals surface area contributed by atoms with Gasteiger partial charge < -0.3 is 17.8 Å². The summed E-state index contributed by atoms with van der Waals surface area (Å²) in [5, 5.41) is 16.9. The Morgan fingerprint density at radius 3 is 1.66 bits per heavy atom. The minimum atomic E-state index is -4.18. The Labute approximate surface area is 202 Å². The van der Waals surface area contributed by atoms with Crippen molar-refractivity contribution in [1.82, 2.24) is 10.2 Å². The number of nitrogens with zero attached hydrogens (tertiary/aromatic N) is 1. The average Bonchev–Trinajstić information content (AvgIpc) is 3.23. The van der Waals surface area contributed by atoms with Gasteiger partial charge in [-0.15, -0.1) is 0 Å². The van der Waals surface area contributed by atoms with Crippen LogP contribution in [0.25, 0.3) is 24.3 Å². The summed E-state index contributed by atoms with van der Waals surface area (Å²) in [5.74, 6) is 0.343. The van der Waals surface area contributed by atoms with E-state index in [9.17, 15) is 16.8 Å². The third-order valence-electron chi connectivity index (χ3n) is 4.31. The van der Waals surface area contributed by atoms with Crippen LogP contribution in [0.15, 0.2) is 42.5 Å². The molecule has 5 N–H and O–H groups in total. The van der Waals surface area contributed by atoms with Gasteiger partial charge in [0.15, 0.2) is 23.0 Å². The number of nitrogens with two attached hydrogens (primary N) is 2. The van der Waals surface area contributed by atoms with Crippen LogP contribution in [0.2, 0.25) is 0 Å². The predicted octanol–water partition coefficient (Wildman–Crippen LogP) is 1.93. The molecule has 35 heavy (non-hydrogen) atoms. The Balaban J connectivity index is 1.72. The van der Waals surface area contributed by atoms with Gasteiger partial charge in [-0.1, -0.05) is 24.3 Å². The van der Waals surface area contributed by atoms with Crippen molar-refractivity contribution in [3.05, 3.63) is 65.0 Å². The van der Waals surface area contributed by atoms with E-state index in [0.29, 0.717) is 22.5 Å². The van der Waals surface area contributed by atoms with E-state index in [-0.39, 0.29) is 23.0 Å². The van der Waals surface area contributed by atoms with Gasteiger partial charge in [0.1, 0.15) is 0 Å². The molecule has 0 atom stereocenters. The average molecular weight is 523 g/mol. The van der Waals surface area contributed by atoms with Gasteiger partial charge in [0, 0.05) is 0 Å². The van der Waals surface area contributed by atoms with Crippen molar-refractivity contribution in [1.29, 1.82) is 0 Å². The molecular weight excluding hydrogens is 500 g/mol. The van der Waals surface area contributed by atoms with E-state index in [1.807, 2.05) is 0 Å². The van der Waals surface area contributed by atoms with E-state index in [1.165, 1.54) is 26.4 Å². The number of ether oxygens (including phenoxy) is 2. The maximum atomic E-state index is 11.1. The highest BCUT2D eigenvalue weighted by Crippen LogP contribution is 2.30. The van der Waals surface area contributed by atoms with E-state index in [2.05, 4.69) is 18.6 Å². The lowest BCUT2D eigenvalue weighted by Gasteiger charge is -2.08. The number of rotatable bonds is 10. The lowest BCUT2D eigenvalue weighted by atomic mass is 10.1. The summed E-state index contributed by atoms with van der Waals surface area (Å²) in [6.07, 6.45) is 7.02. The van der Waals surface area contributed by atoms with Crippen LogP contribution in [-0.4, -0.2) is 41.3 Å². The monoisotopic (exact) mass is 522 g/mol. The number of H-pyrrole nitrogens is 1. The minimum absolute atomic E-state index is 0.0259. The Hall–Kier alpha value is -3.85. The van der Waals surface area contributed by atoms with Crippen LogP contribution in [0.3, 0.4) is 0 Å². The zero-order valence-corrected chi connectivity index (χ0v) is 20.2. The van der Waals surface area contributed by atoms with Gasteiger partial charge in [0.2, 0.25) is 0 Å². The molecule has 0 aliphatic carbocycles. The first-order chi connectivity index (χ1) is 16.5. The van der Waals surface area contributed by atoms with Gasteiger partial charge in [0.05, 0.1) is 25.6 Å². The zero-order valence-electron chi connectivity index (χ0n) is 18.5. The van der Waals surface area contributed by atoms with E-state index < -0.39 is 20.6 Å².